The topological polar surface area (TPSA) is 78.0 Å². The molecule has 1 atom stereocenters. The van der Waals surface area contributed by atoms with Crippen LogP contribution in [0.1, 0.15) is 53.7 Å². The van der Waals surface area contributed by atoms with Crippen LogP contribution in [-0.4, -0.2) is 63.8 Å². The van der Waals surface area contributed by atoms with E-state index < -0.39 is 22.9 Å². The van der Waals surface area contributed by atoms with E-state index in [9.17, 15) is 32.3 Å². The van der Waals surface area contributed by atoms with Crippen LogP contribution in [0.25, 0.3) is 6.08 Å². The number of carbonyl (C=O) groups excluding carboxylic acids is 4. The Morgan fingerprint density at radius 2 is 1.68 bits per heavy atom. The van der Waals surface area contributed by atoms with Gasteiger partial charge in [-0.3, -0.25) is 24.1 Å². The molecule has 7 nitrogen and oxygen atoms in total. The van der Waals surface area contributed by atoms with Crippen LogP contribution in [-0.2, 0) is 22.3 Å². The van der Waals surface area contributed by atoms with Gasteiger partial charge in [-0.1, -0.05) is 24.3 Å². The Balaban J connectivity index is 1.40. The minimum atomic E-state index is -4.47. The second-order valence-corrected chi connectivity index (χ2v) is 10.7. The predicted octanol–water partition coefficient (Wildman–Crippen LogP) is 5.66. The zero-order valence-electron chi connectivity index (χ0n) is 22.2. The number of alkyl halides is 3. The Hall–Kier alpha value is -3.60. The monoisotopic (exact) mass is 573 g/mol. The van der Waals surface area contributed by atoms with E-state index in [-0.39, 0.29) is 29.2 Å². The van der Waals surface area contributed by atoms with E-state index in [1.54, 1.807) is 40.1 Å². The molecule has 0 aliphatic carbocycles. The minimum absolute atomic E-state index is 0.0742. The maximum absolute atomic E-state index is 13.1. The number of piperidine rings is 1. The minimum Gasteiger partial charge on any atom is -0.343 e. The summed E-state index contributed by atoms with van der Waals surface area (Å²) in [5.74, 6) is -0.840. The summed E-state index contributed by atoms with van der Waals surface area (Å²) in [6.07, 6.45) is -1.41. The highest BCUT2D eigenvalue weighted by Gasteiger charge is 2.36. The molecular formula is C29H30F3N3O4S. The van der Waals surface area contributed by atoms with Gasteiger partial charge in [0.1, 0.15) is 0 Å². The first kappa shape index (κ1) is 29.4. The standard InChI is InChI=1S/C29H30F3N3O4S/c1-3-33(4-2)26(37)22-6-5-15-34(18-22)25(36)21-11-7-19(8-12-21)16-24-27(38)35(28(39)40-24)17-20-9-13-23(14-10-20)29(30,31)32/h7-14,16,22H,3-6,15,17-18H2,1-2H3/b24-16-. The molecule has 1 unspecified atom stereocenters. The number of hydrogen-bond donors (Lipinski definition) is 0. The molecule has 2 aliphatic heterocycles. The molecule has 4 amide bonds. The van der Waals surface area contributed by atoms with Gasteiger partial charge in [-0.25, -0.2) is 0 Å². The van der Waals surface area contributed by atoms with Crippen molar-refractivity contribution >= 4 is 40.8 Å². The van der Waals surface area contributed by atoms with Crippen LogP contribution in [0.15, 0.2) is 53.4 Å². The molecule has 212 valence electrons. The number of likely N-dealkylation sites (tertiary alicyclic amines) is 1. The summed E-state index contributed by atoms with van der Waals surface area (Å²) in [6, 6.07) is 11.0. The Bertz CT molecular complexity index is 1310. The van der Waals surface area contributed by atoms with E-state index in [0.717, 1.165) is 41.6 Å². The number of halogens is 3. The van der Waals surface area contributed by atoms with Crippen molar-refractivity contribution in [3.05, 3.63) is 75.7 Å². The van der Waals surface area contributed by atoms with Gasteiger partial charge in [0.25, 0.3) is 17.1 Å². The van der Waals surface area contributed by atoms with Gasteiger partial charge in [-0.15, -0.1) is 0 Å². The maximum atomic E-state index is 13.1. The van der Waals surface area contributed by atoms with Gasteiger partial charge in [-0.05, 0) is 79.9 Å². The molecule has 2 heterocycles. The molecule has 0 bridgehead atoms. The van der Waals surface area contributed by atoms with Gasteiger partial charge in [0.15, 0.2) is 0 Å². The van der Waals surface area contributed by atoms with Crippen LogP contribution < -0.4 is 0 Å². The lowest BCUT2D eigenvalue weighted by Crippen LogP contribution is -2.46. The first-order chi connectivity index (χ1) is 19.0. The molecule has 0 spiro atoms. The van der Waals surface area contributed by atoms with E-state index >= 15 is 0 Å². The fraction of sp³-hybridized carbons (Fsp3) is 0.379. The Labute approximate surface area is 235 Å². The molecule has 2 fully saturated rings. The molecule has 2 saturated heterocycles. The summed E-state index contributed by atoms with van der Waals surface area (Å²) in [4.78, 5) is 55.9. The molecule has 2 aromatic carbocycles. The van der Waals surface area contributed by atoms with E-state index in [1.165, 1.54) is 12.1 Å². The van der Waals surface area contributed by atoms with Crippen molar-refractivity contribution in [2.45, 2.75) is 39.4 Å². The lowest BCUT2D eigenvalue weighted by molar-refractivity contribution is -0.138. The van der Waals surface area contributed by atoms with Crippen LogP contribution in [0.3, 0.4) is 0 Å². The van der Waals surface area contributed by atoms with Crippen molar-refractivity contribution in [1.29, 1.82) is 0 Å². The zero-order valence-corrected chi connectivity index (χ0v) is 23.1. The molecule has 2 aliphatic rings. The molecule has 40 heavy (non-hydrogen) atoms. The highest BCUT2D eigenvalue weighted by Crippen LogP contribution is 2.34. The highest BCUT2D eigenvalue weighted by molar-refractivity contribution is 8.18. The summed E-state index contributed by atoms with van der Waals surface area (Å²) in [6.45, 7) is 5.96. The first-order valence-corrected chi connectivity index (χ1v) is 13.9. The van der Waals surface area contributed by atoms with E-state index in [1.807, 2.05) is 13.8 Å². The molecule has 0 saturated carbocycles. The maximum Gasteiger partial charge on any atom is 0.416 e. The molecular weight excluding hydrogens is 543 g/mol. The normalized spacial score (nSPS) is 18.9. The number of amides is 4. The van der Waals surface area contributed by atoms with Gasteiger partial charge in [0.05, 0.1) is 22.9 Å². The van der Waals surface area contributed by atoms with Crippen LogP contribution in [0.2, 0.25) is 0 Å². The average molecular weight is 574 g/mol. The summed E-state index contributed by atoms with van der Waals surface area (Å²) < 4.78 is 38.4. The number of hydrogen-bond acceptors (Lipinski definition) is 5. The van der Waals surface area contributed by atoms with Gasteiger partial charge < -0.3 is 9.80 Å². The Morgan fingerprint density at radius 1 is 1.02 bits per heavy atom. The van der Waals surface area contributed by atoms with E-state index in [2.05, 4.69) is 0 Å². The number of benzene rings is 2. The van der Waals surface area contributed by atoms with Crippen LogP contribution in [0.4, 0.5) is 18.0 Å². The van der Waals surface area contributed by atoms with Crippen molar-refractivity contribution in [3.63, 3.8) is 0 Å². The van der Waals surface area contributed by atoms with Gasteiger partial charge in [0, 0.05) is 31.7 Å². The van der Waals surface area contributed by atoms with E-state index in [4.69, 9.17) is 0 Å². The first-order valence-electron chi connectivity index (χ1n) is 13.1. The number of imide groups is 1. The summed E-state index contributed by atoms with van der Waals surface area (Å²) in [5, 5.41) is -0.512. The lowest BCUT2D eigenvalue weighted by atomic mass is 9.95. The molecule has 0 aromatic heterocycles. The molecule has 0 radical (unpaired) electrons. The van der Waals surface area contributed by atoms with Gasteiger partial charge in [0.2, 0.25) is 5.91 Å². The number of nitrogens with zero attached hydrogens (tertiary/aromatic N) is 3. The largest absolute Gasteiger partial charge is 0.416 e. The zero-order chi connectivity index (χ0) is 29.0. The fourth-order valence-electron chi connectivity index (χ4n) is 4.83. The predicted molar refractivity (Wildman–Crippen MR) is 146 cm³/mol. The second-order valence-electron chi connectivity index (χ2n) is 9.69. The molecule has 2 aromatic rings. The molecule has 11 heteroatoms. The lowest BCUT2D eigenvalue weighted by Gasteiger charge is -2.34. The molecule has 0 N–H and O–H groups in total. The summed E-state index contributed by atoms with van der Waals surface area (Å²) in [7, 11) is 0. The van der Waals surface area contributed by atoms with Crippen molar-refractivity contribution < 1.29 is 32.3 Å². The van der Waals surface area contributed by atoms with Crippen molar-refractivity contribution in [1.82, 2.24) is 14.7 Å². The average Bonchev–Trinajstić information content (AvgIpc) is 3.20. The Morgan fingerprint density at radius 3 is 2.27 bits per heavy atom. The van der Waals surface area contributed by atoms with Crippen LogP contribution in [0, 0.1) is 5.92 Å². The fourth-order valence-corrected chi connectivity index (χ4v) is 5.67. The molecule has 4 rings (SSSR count). The van der Waals surface area contributed by atoms with Gasteiger partial charge in [-0.2, -0.15) is 13.2 Å². The third kappa shape index (κ3) is 6.57. The van der Waals surface area contributed by atoms with Gasteiger partial charge >= 0.3 is 6.18 Å². The number of rotatable bonds is 7. The number of carbonyl (C=O) groups is 4. The van der Waals surface area contributed by atoms with Crippen molar-refractivity contribution in [3.8, 4) is 0 Å². The smallest absolute Gasteiger partial charge is 0.343 e. The highest BCUT2D eigenvalue weighted by atomic mass is 32.2. The third-order valence-electron chi connectivity index (χ3n) is 7.08. The van der Waals surface area contributed by atoms with Crippen molar-refractivity contribution in [2.24, 2.45) is 5.92 Å². The number of thioether (sulfide) groups is 1. The summed E-state index contributed by atoms with van der Waals surface area (Å²) >= 11 is 0.753. The van der Waals surface area contributed by atoms with Crippen LogP contribution >= 0.6 is 11.8 Å². The second kappa shape index (κ2) is 12.3. The van der Waals surface area contributed by atoms with Crippen molar-refractivity contribution in [2.75, 3.05) is 26.2 Å². The Kier molecular flexibility index (Phi) is 9.02. The quantitative estimate of drug-likeness (QED) is 0.400. The SMILES string of the molecule is CCN(CC)C(=O)C1CCCN(C(=O)c2ccc(/C=C3\SC(=O)N(Cc4ccc(C(F)(F)F)cc4)C3=O)cc2)C1. The van der Waals surface area contributed by atoms with E-state index in [0.29, 0.717) is 42.9 Å². The van der Waals surface area contributed by atoms with Crippen LogP contribution in [0.5, 0.6) is 0 Å². The summed E-state index contributed by atoms with van der Waals surface area (Å²) in [5.41, 5.74) is 0.673. The third-order valence-corrected chi connectivity index (χ3v) is 7.99.